The van der Waals surface area contributed by atoms with Gasteiger partial charge in [0.25, 0.3) is 5.91 Å². The first-order chi connectivity index (χ1) is 8.74. The van der Waals surface area contributed by atoms with Gasteiger partial charge in [0.05, 0.1) is 0 Å². The second-order valence-electron chi connectivity index (χ2n) is 5.31. The maximum atomic E-state index is 11.9. The molecule has 0 radical (unpaired) electrons. The zero-order valence-electron chi connectivity index (χ0n) is 11.6. The first-order valence-corrected chi connectivity index (χ1v) is 6.28. The number of nitrogens with zero attached hydrogens (tertiary/aromatic N) is 2. The highest BCUT2D eigenvalue weighted by Crippen LogP contribution is 2.16. The zero-order chi connectivity index (χ0) is 14.6. The van der Waals surface area contributed by atoms with Crippen molar-refractivity contribution in [1.29, 1.82) is 0 Å². The molecule has 1 saturated heterocycles. The van der Waals surface area contributed by atoms with Gasteiger partial charge in [0.2, 0.25) is 0 Å². The summed E-state index contributed by atoms with van der Waals surface area (Å²) in [5, 5.41) is 11.1. The Hall–Kier alpha value is -1.63. The summed E-state index contributed by atoms with van der Waals surface area (Å²) in [6.45, 7) is 4.82. The van der Waals surface area contributed by atoms with Crippen LogP contribution in [0.25, 0.3) is 0 Å². The number of aliphatic carboxylic acids is 1. The second-order valence-corrected chi connectivity index (χ2v) is 5.31. The van der Waals surface area contributed by atoms with E-state index in [9.17, 15) is 14.4 Å². The van der Waals surface area contributed by atoms with Crippen LogP contribution in [0.5, 0.6) is 0 Å². The predicted molar refractivity (Wildman–Crippen MR) is 68.7 cm³/mol. The van der Waals surface area contributed by atoms with E-state index in [2.05, 4.69) is 5.32 Å². The van der Waals surface area contributed by atoms with Crippen molar-refractivity contribution >= 4 is 17.9 Å². The normalized spacial score (nSPS) is 18.0. The molecule has 0 aromatic rings. The summed E-state index contributed by atoms with van der Waals surface area (Å²) in [5.74, 6) is -1.04. The quantitative estimate of drug-likeness (QED) is 0.642. The minimum Gasteiger partial charge on any atom is -0.481 e. The first kappa shape index (κ1) is 15.4. The fourth-order valence-electron chi connectivity index (χ4n) is 1.90. The average Bonchev–Trinajstić information content (AvgIpc) is 2.46. The summed E-state index contributed by atoms with van der Waals surface area (Å²) < 4.78 is 0. The third kappa shape index (κ3) is 4.20. The van der Waals surface area contributed by atoms with E-state index in [0.717, 1.165) is 0 Å². The third-order valence-electron chi connectivity index (χ3n) is 3.08. The van der Waals surface area contributed by atoms with Crippen LogP contribution in [0.1, 0.15) is 26.7 Å². The molecule has 0 saturated carbocycles. The van der Waals surface area contributed by atoms with Gasteiger partial charge in [-0.05, 0) is 33.9 Å². The lowest BCUT2D eigenvalue weighted by Crippen LogP contribution is -2.41. The van der Waals surface area contributed by atoms with E-state index in [1.54, 1.807) is 13.8 Å². The van der Waals surface area contributed by atoms with Crippen molar-refractivity contribution in [2.24, 2.45) is 0 Å². The molecule has 7 nitrogen and oxygen atoms in total. The van der Waals surface area contributed by atoms with Crippen LogP contribution in [0.4, 0.5) is 4.79 Å². The Labute approximate surface area is 112 Å². The lowest BCUT2D eigenvalue weighted by atomic mass is 10.1. The van der Waals surface area contributed by atoms with Gasteiger partial charge in [-0.3, -0.25) is 14.5 Å². The molecule has 3 amide bonds. The van der Waals surface area contributed by atoms with Crippen LogP contribution in [0, 0.1) is 0 Å². The van der Waals surface area contributed by atoms with Gasteiger partial charge in [-0.2, -0.15) is 0 Å². The number of rotatable bonds is 7. The SMILES string of the molecule is CN(CCCC(=O)O)CCN1C(=O)NC(C)(C)C1=O. The fourth-order valence-corrected chi connectivity index (χ4v) is 1.90. The monoisotopic (exact) mass is 271 g/mol. The van der Waals surface area contributed by atoms with Crippen LogP contribution in [0.3, 0.4) is 0 Å². The van der Waals surface area contributed by atoms with Gasteiger partial charge in [-0.15, -0.1) is 0 Å². The van der Waals surface area contributed by atoms with Crippen molar-refractivity contribution in [2.75, 3.05) is 26.7 Å². The van der Waals surface area contributed by atoms with Crippen molar-refractivity contribution < 1.29 is 19.5 Å². The zero-order valence-corrected chi connectivity index (χ0v) is 11.6. The Morgan fingerprint density at radius 2 is 2.00 bits per heavy atom. The number of likely N-dealkylation sites (N-methyl/N-ethyl adjacent to an activating group) is 1. The molecule has 0 aromatic heterocycles. The van der Waals surface area contributed by atoms with E-state index in [0.29, 0.717) is 26.1 Å². The second kappa shape index (κ2) is 6.01. The van der Waals surface area contributed by atoms with Gasteiger partial charge in [-0.1, -0.05) is 0 Å². The largest absolute Gasteiger partial charge is 0.481 e. The van der Waals surface area contributed by atoms with Crippen molar-refractivity contribution in [3.8, 4) is 0 Å². The molecule has 0 aromatic carbocycles. The molecular weight excluding hydrogens is 250 g/mol. The summed E-state index contributed by atoms with van der Waals surface area (Å²) in [6.07, 6.45) is 0.679. The number of amides is 3. The summed E-state index contributed by atoms with van der Waals surface area (Å²) in [5.41, 5.74) is -0.834. The minimum atomic E-state index is -0.834. The maximum Gasteiger partial charge on any atom is 0.325 e. The van der Waals surface area contributed by atoms with Crippen molar-refractivity contribution in [2.45, 2.75) is 32.2 Å². The first-order valence-electron chi connectivity index (χ1n) is 6.28. The van der Waals surface area contributed by atoms with Crippen LogP contribution >= 0.6 is 0 Å². The molecule has 1 aliphatic heterocycles. The standard InChI is InChI=1S/C12H21N3O4/c1-12(2)10(18)15(11(19)13-12)8-7-14(3)6-4-5-9(16)17/h4-8H2,1-3H3,(H,13,19)(H,16,17). The van der Waals surface area contributed by atoms with Crippen LogP contribution in [0.15, 0.2) is 0 Å². The van der Waals surface area contributed by atoms with E-state index in [4.69, 9.17) is 5.11 Å². The molecule has 2 N–H and O–H groups in total. The lowest BCUT2D eigenvalue weighted by Gasteiger charge is -2.20. The number of carboxylic acids is 1. The number of urea groups is 1. The number of hydrogen-bond donors (Lipinski definition) is 2. The maximum absolute atomic E-state index is 11.9. The molecule has 0 spiro atoms. The highest BCUT2D eigenvalue weighted by molar-refractivity contribution is 6.06. The molecule has 19 heavy (non-hydrogen) atoms. The number of carbonyl (C=O) groups is 3. The van der Waals surface area contributed by atoms with Gasteiger partial charge in [0.1, 0.15) is 5.54 Å². The van der Waals surface area contributed by atoms with Gasteiger partial charge in [-0.25, -0.2) is 4.79 Å². The Kier molecular flexibility index (Phi) is 4.88. The minimum absolute atomic E-state index is 0.125. The number of imide groups is 1. The van der Waals surface area contributed by atoms with Gasteiger partial charge < -0.3 is 15.3 Å². The van der Waals surface area contributed by atoms with E-state index < -0.39 is 11.5 Å². The summed E-state index contributed by atoms with van der Waals surface area (Å²) >= 11 is 0. The molecule has 0 aliphatic carbocycles. The van der Waals surface area contributed by atoms with Crippen molar-refractivity contribution in [3.63, 3.8) is 0 Å². The predicted octanol–water partition coefficient (Wildman–Crippen LogP) is 0.113. The van der Waals surface area contributed by atoms with E-state index >= 15 is 0 Å². The number of carboxylic acid groups (broad SMARTS) is 1. The fraction of sp³-hybridized carbons (Fsp3) is 0.750. The number of nitrogens with one attached hydrogen (secondary N) is 1. The van der Waals surface area contributed by atoms with Gasteiger partial charge in [0, 0.05) is 19.5 Å². The molecule has 0 atom stereocenters. The lowest BCUT2D eigenvalue weighted by molar-refractivity contribution is -0.137. The highest BCUT2D eigenvalue weighted by atomic mass is 16.4. The molecular formula is C12H21N3O4. The molecule has 1 heterocycles. The van der Waals surface area contributed by atoms with Crippen molar-refractivity contribution in [3.05, 3.63) is 0 Å². The van der Waals surface area contributed by atoms with E-state index in [-0.39, 0.29) is 18.4 Å². The molecule has 0 bridgehead atoms. The van der Waals surface area contributed by atoms with Crippen LogP contribution < -0.4 is 5.32 Å². The molecule has 1 aliphatic rings. The topological polar surface area (TPSA) is 90.0 Å². The molecule has 1 rings (SSSR count). The molecule has 7 heteroatoms. The smallest absolute Gasteiger partial charge is 0.325 e. The Balaban J connectivity index is 2.34. The molecule has 1 fully saturated rings. The summed E-state index contributed by atoms with van der Waals surface area (Å²) in [6, 6.07) is -0.367. The van der Waals surface area contributed by atoms with E-state index in [1.165, 1.54) is 4.90 Å². The number of hydrogen-bond acceptors (Lipinski definition) is 4. The number of carbonyl (C=O) groups excluding carboxylic acids is 2. The Morgan fingerprint density at radius 3 is 2.47 bits per heavy atom. The molecule has 108 valence electrons. The summed E-state index contributed by atoms with van der Waals surface area (Å²) in [4.78, 5) is 37.0. The van der Waals surface area contributed by atoms with E-state index in [1.807, 2.05) is 11.9 Å². The summed E-state index contributed by atoms with van der Waals surface area (Å²) in [7, 11) is 1.84. The Bertz CT molecular complexity index is 381. The molecule has 0 unspecified atom stereocenters. The Morgan fingerprint density at radius 1 is 1.37 bits per heavy atom. The third-order valence-corrected chi connectivity index (χ3v) is 3.08. The van der Waals surface area contributed by atoms with Crippen molar-refractivity contribution in [1.82, 2.24) is 15.1 Å². The van der Waals surface area contributed by atoms with Crippen LogP contribution in [0.2, 0.25) is 0 Å². The van der Waals surface area contributed by atoms with Gasteiger partial charge in [0.15, 0.2) is 0 Å². The van der Waals surface area contributed by atoms with Gasteiger partial charge >= 0.3 is 12.0 Å². The average molecular weight is 271 g/mol. The van der Waals surface area contributed by atoms with Crippen LogP contribution in [-0.4, -0.2) is 65.0 Å². The highest BCUT2D eigenvalue weighted by Gasteiger charge is 2.43. The van der Waals surface area contributed by atoms with Crippen LogP contribution in [-0.2, 0) is 9.59 Å².